The minimum atomic E-state index is -2.84. The number of carbonyl (C=O) groups excluding carboxylic acids is 1. The number of likely N-dealkylation sites (tertiary alicyclic amines) is 1. The number of thiazole rings is 1. The van der Waals surface area contributed by atoms with Gasteiger partial charge in [0.1, 0.15) is 10.6 Å². The van der Waals surface area contributed by atoms with E-state index in [9.17, 15) is 18.7 Å². The molecule has 1 saturated heterocycles. The van der Waals surface area contributed by atoms with Gasteiger partial charge in [0.2, 0.25) is 5.91 Å². The molecule has 0 unspecified atom stereocenters. The van der Waals surface area contributed by atoms with Crippen LogP contribution in [0.2, 0.25) is 0 Å². The van der Waals surface area contributed by atoms with Crippen LogP contribution >= 0.6 is 11.3 Å². The van der Waals surface area contributed by atoms with Crippen LogP contribution in [0.1, 0.15) is 12.1 Å². The lowest BCUT2D eigenvalue weighted by Gasteiger charge is -2.22. The van der Waals surface area contributed by atoms with Crippen LogP contribution in [0.15, 0.2) is 35.7 Å². The summed E-state index contributed by atoms with van der Waals surface area (Å²) < 4.78 is 25.6. The second-order valence-electron chi connectivity index (χ2n) is 5.66. The van der Waals surface area contributed by atoms with Gasteiger partial charge in [0.05, 0.1) is 18.7 Å². The smallest absolute Gasteiger partial charge is 0.268 e. The Morgan fingerprint density at radius 2 is 2.13 bits per heavy atom. The zero-order chi connectivity index (χ0) is 16.4. The first-order valence-corrected chi connectivity index (χ1v) is 8.14. The minimum Gasteiger partial charge on any atom is -0.382 e. The van der Waals surface area contributed by atoms with Gasteiger partial charge in [-0.05, 0) is 0 Å². The average molecular weight is 338 g/mol. The molecule has 1 N–H and O–H groups in total. The maximum absolute atomic E-state index is 12.8. The van der Waals surface area contributed by atoms with Gasteiger partial charge in [-0.1, -0.05) is 30.3 Å². The highest BCUT2D eigenvalue weighted by atomic mass is 32.1. The van der Waals surface area contributed by atoms with Crippen molar-refractivity contribution in [1.82, 2.24) is 9.88 Å². The third-order valence-electron chi connectivity index (χ3n) is 3.94. The van der Waals surface area contributed by atoms with Crippen LogP contribution in [0.25, 0.3) is 10.6 Å². The van der Waals surface area contributed by atoms with Crippen molar-refractivity contribution in [1.29, 1.82) is 0 Å². The maximum atomic E-state index is 12.8. The van der Waals surface area contributed by atoms with Gasteiger partial charge in [-0.2, -0.15) is 0 Å². The molecule has 0 radical (unpaired) electrons. The summed E-state index contributed by atoms with van der Waals surface area (Å²) in [5.74, 6) is -0.286. The van der Waals surface area contributed by atoms with E-state index < -0.39 is 12.0 Å². The molecule has 7 heteroatoms. The van der Waals surface area contributed by atoms with Gasteiger partial charge in [0.25, 0.3) is 6.43 Å². The molecule has 122 valence electrons. The summed E-state index contributed by atoms with van der Waals surface area (Å²) in [6.07, 6.45) is -2.88. The van der Waals surface area contributed by atoms with Crippen LogP contribution in [0, 0.1) is 0 Å². The van der Waals surface area contributed by atoms with Crippen LogP contribution in [0.3, 0.4) is 0 Å². The number of carbonyl (C=O) groups is 1. The Kier molecular flexibility index (Phi) is 4.41. The van der Waals surface area contributed by atoms with E-state index in [2.05, 4.69) is 4.98 Å². The van der Waals surface area contributed by atoms with Crippen molar-refractivity contribution in [2.75, 3.05) is 13.1 Å². The van der Waals surface area contributed by atoms with Gasteiger partial charge < -0.3 is 10.0 Å². The summed E-state index contributed by atoms with van der Waals surface area (Å²) in [6.45, 7) is -0.172. The van der Waals surface area contributed by atoms with Crippen molar-refractivity contribution in [2.45, 2.75) is 24.9 Å². The summed E-state index contributed by atoms with van der Waals surface area (Å²) in [7, 11) is 0. The predicted molar refractivity (Wildman–Crippen MR) is 83.4 cm³/mol. The lowest BCUT2D eigenvalue weighted by atomic mass is 10.1. The molecule has 23 heavy (non-hydrogen) atoms. The molecule has 2 aromatic rings. The van der Waals surface area contributed by atoms with Gasteiger partial charge in [0.15, 0.2) is 0 Å². The number of nitrogens with zero attached hydrogens (tertiary/aromatic N) is 2. The fourth-order valence-corrected chi connectivity index (χ4v) is 3.40. The van der Waals surface area contributed by atoms with Crippen molar-refractivity contribution >= 4 is 17.2 Å². The molecule has 0 bridgehead atoms. The Hall–Kier alpha value is -1.86. The summed E-state index contributed by atoms with van der Waals surface area (Å²) in [4.78, 5) is 17.9. The fraction of sp³-hybridized carbons (Fsp3) is 0.375. The third kappa shape index (κ3) is 3.40. The molecule has 3 rings (SSSR count). The molecule has 1 fully saturated rings. The Morgan fingerprint density at radius 3 is 2.78 bits per heavy atom. The first-order chi connectivity index (χ1) is 11.0. The number of aliphatic hydroxyl groups is 1. The van der Waals surface area contributed by atoms with Crippen molar-refractivity contribution in [3.63, 3.8) is 0 Å². The van der Waals surface area contributed by atoms with E-state index in [-0.39, 0.29) is 31.8 Å². The zero-order valence-corrected chi connectivity index (χ0v) is 13.1. The van der Waals surface area contributed by atoms with Crippen LogP contribution in [-0.2, 0) is 11.2 Å². The Labute approximate surface area is 136 Å². The number of hydrogen-bond donors (Lipinski definition) is 1. The predicted octanol–water partition coefficient (Wildman–Crippen LogP) is 2.58. The van der Waals surface area contributed by atoms with E-state index in [4.69, 9.17) is 0 Å². The van der Waals surface area contributed by atoms with Crippen molar-refractivity contribution in [3.05, 3.63) is 41.4 Å². The second kappa shape index (κ2) is 6.33. The SMILES string of the molecule is O=C(Cc1csc(-c2ccccc2)n1)N1CC[C@@](O)(C(F)F)C1. The number of amides is 1. The van der Waals surface area contributed by atoms with E-state index in [1.54, 1.807) is 5.38 Å². The Balaban J connectivity index is 1.64. The van der Waals surface area contributed by atoms with Crippen molar-refractivity contribution in [3.8, 4) is 10.6 Å². The largest absolute Gasteiger partial charge is 0.382 e. The van der Waals surface area contributed by atoms with Crippen molar-refractivity contribution < 1.29 is 18.7 Å². The first-order valence-electron chi connectivity index (χ1n) is 7.26. The van der Waals surface area contributed by atoms with Crippen molar-refractivity contribution in [2.24, 2.45) is 0 Å². The molecule has 2 heterocycles. The maximum Gasteiger partial charge on any atom is 0.268 e. The molecule has 1 atom stereocenters. The number of aromatic nitrogens is 1. The number of benzene rings is 1. The molecular weight excluding hydrogens is 322 g/mol. The topological polar surface area (TPSA) is 53.4 Å². The van der Waals surface area contributed by atoms with Crippen LogP contribution in [0.4, 0.5) is 8.78 Å². The molecule has 1 amide bonds. The quantitative estimate of drug-likeness (QED) is 0.932. The summed E-state index contributed by atoms with van der Waals surface area (Å²) >= 11 is 1.44. The molecule has 0 aliphatic carbocycles. The fourth-order valence-electron chi connectivity index (χ4n) is 2.58. The lowest BCUT2D eigenvalue weighted by molar-refractivity contribution is -0.132. The number of hydrogen-bond acceptors (Lipinski definition) is 4. The average Bonchev–Trinajstić information content (AvgIpc) is 3.16. The van der Waals surface area contributed by atoms with Gasteiger partial charge >= 0.3 is 0 Å². The number of rotatable bonds is 4. The highest BCUT2D eigenvalue weighted by Gasteiger charge is 2.45. The van der Waals surface area contributed by atoms with E-state index in [0.29, 0.717) is 5.69 Å². The number of β-amino-alcohol motifs (C(OH)–C–C–N with tert-alkyl or cyclic N) is 1. The van der Waals surface area contributed by atoms with Gasteiger partial charge in [0, 0.05) is 23.9 Å². The first kappa shape index (κ1) is 16.0. The van der Waals surface area contributed by atoms with Crippen LogP contribution in [0.5, 0.6) is 0 Å². The molecule has 4 nitrogen and oxygen atoms in total. The monoisotopic (exact) mass is 338 g/mol. The van der Waals surface area contributed by atoms with Crippen LogP contribution < -0.4 is 0 Å². The van der Waals surface area contributed by atoms with Gasteiger partial charge in [-0.25, -0.2) is 13.8 Å². The minimum absolute atomic E-state index is 0.0582. The van der Waals surface area contributed by atoms with E-state index in [1.165, 1.54) is 16.2 Å². The summed E-state index contributed by atoms with van der Waals surface area (Å²) in [5, 5.41) is 12.4. The van der Waals surface area contributed by atoms with E-state index >= 15 is 0 Å². The highest BCUT2D eigenvalue weighted by molar-refractivity contribution is 7.13. The standard InChI is InChI=1S/C16H16F2N2O2S/c17-15(18)16(22)6-7-20(10-16)13(21)8-12-9-23-14(19-12)11-4-2-1-3-5-11/h1-5,9,15,22H,6-8,10H2/t16-/m0/s1. The number of halogens is 2. The molecule has 1 aliphatic rings. The summed E-state index contributed by atoms with van der Waals surface area (Å²) in [5.41, 5.74) is -0.483. The second-order valence-corrected chi connectivity index (χ2v) is 6.51. The number of alkyl halides is 2. The zero-order valence-electron chi connectivity index (χ0n) is 12.3. The lowest BCUT2D eigenvalue weighted by Crippen LogP contribution is -2.42. The van der Waals surface area contributed by atoms with Crippen LogP contribution in [-0.4, -0.2) is 46.0 Å². The van der Waals surface area contributed by atoms with E-state index in [1.807, 2.05) is 30.3 Å². The highest BCUT2D eigenvalue weighted by Crippen LogP contribution is 2.28. The third-order valence-corrected chi connectivity index (χ3v) is 4.88. The van der Waals surface area contributed by atoms with Gasteiger partial charge in [-0.15, -0.1) is 11.3 Å². The van der Waals surface area contributed by atoms with Gasteiger partial charge in [-0.3, -0.25) is 4.79 Å². The molecule has 1 aromatic heterocycles. The normalized spacial score (nSPS) is 21.1. The van der Waals surface area contributed by atoms with E-state index in [0.717, 1.165) is 10.6 Å². The molecular formula is C16H16F2N2O2S. The summed E-state index contributed by atoms with van der Waals surface area (Å²) in [6, 6.07) is 9.62. The Bertz CT molecular complexity index is 692. The molecule has 0 spiro atoms. The molecule has 1 aliphatic heterocycles. The Morgan fingerprint density at radius 1 is 1.39 bits per heavy atom. The molecule has 0 saturated carbocycles. The molecule has 1 aromatic carbocycles.